The minimum Gasteiger partial charge on any atom is -0.398 e. The molecule has 3 aromatic carbocycles. The van der Waals surface area contributed by atoms with E-state index in [0.29, 0.717) is 0 Å². The number of nitrogens with one attached hydrogen (secondary N) is 1. The number of nitrogen functional groups attached to an aromatic ring is 2. The third-order valence-corrected chi connectivity index (χ3v) is 3.70. The zero-order valence-corrected chi connectivity index (χ0v) is 12.2. The van der Waals surface area contributed by atoms with Crippen molar-refractivity contribution in [2.75, 3.05) is 16.8 Å². The monoisotopic (exact) mass is 289 g/mol. The van der Waals surface area contributed by atoms with Crippen LogP contribution in [0.15, 0.2) is 78.9 Å². The van der Waals surface area contributed by atoms with Gasteiger partial charge in [0.25, 0.3) is 0 Å². The van der Waals surface area contributed by atoms with Gasteiger partial charge in [-0.25, -0.2) is 0 Å². The molecular formula is C19H19N3. The van der Waals surface area contributed by atoms with Crippen LogP contribution in [0.4, 0.5) is 17.1 Å². The minimum absolute atomic E-state index is 0.0928. The molecule has 0 bridgehead atoms. The van der Waals surface area contributed by atoms with Crippen molar-refractivity contribution in [3.05, 3.63) is 90.0 Å². The highest BCUT2D eigenvalue weighted by molar-refractivity contribution is 5.61. The normalized spacial score (nSPS) is 10.6. The predicted octanol–water partition coefficient (Wildman–Crippen LogP) is 4.05. The number of rotatable bonds is 4. The summed E-state index contributed by atoms with van der Waals surface area (Å²) < 4.78 is 0. The molecule has 0 unspecified atom stereocenters. The van der Waals surface area contributed by atoms with E-state index in [0.717, 1.165) is 28.2 Å². The van der Waals surface area contributed by atoms with Gasteiger partial charge in [-0.2, -0.15) is 0 Å². The van der Waals surface area contributed by atoms with Gasteiger partial charge in [-0.3, -0.25) is 0 Å². The van der Waals surface area contributed by atoms with Crippen LogP contribution in [-0.2, 0) is 0 Å². The van der Waals surface area contributed by atoms with Crippen LogP contribution in [0.2, 0.25) is 0 Å². The van der Waals surface area contributed by atoms with E-state index in [1.165, 1.54) is 0 Å². The van der Waals surface area contributed by atoms with Crippen molar-refractivity contribution in [1.82, 2.24) is 0 Å². The Kier molecular flexibility index (Phi) is 3.97. The van der Waals surface area contributed by atoms with Crippen LogP contribution in [0.5, 0.6) is 0 Å². The molecule has 110 valence electrons. The van der Waals surface area contributed by atoms with Crippen molar-refractivity contribution in [2.45, 2.75) is 6.04 Å². The molecule has 3 rings (SSSR count). The van der Waals surface area contributed by atoms with Gasteiger partial charge in [-0.05, 0) is 24.3 Å². The lowest BCUT2D eigenvalue weighted by Crippen LogP contribution is -2.15. The fourth-order valence-corrected chi connectivity index (χ4v) is 2.57. The van der Waals surface area contributed by atoms with Gasteiger partial charge in [0.2, 0.25) is 0 Å². The zero-order chi connectivity index (χ0) is 15.4. The second-order valence-electron chi connectivity index (χ2n) is 5.20. The molecule has 0 spiro atoms. The highest BCUT2D eigenvalue weighted by Crippen LogP contribution is 2.33. The molecule has 22 heavy (non-hydrogen) atoms. The number of hydrogen-bond acceptors (Lipinski definition) is 3. The molecule has 0 radical (unpaired) electrons. The van der Waals surface area contributed by atoms with Crippen molar-refractivity contribution in [2.24, 2.45) is 0 Å². The summed E-state index contributed by atoms with van der Waals surface area (Å²) in [6, 6.07) is 25.7. The first kappa shape index (κ1) is 14.0. The number of para-hydroxylation sites is 3. The number of hydrogen-bond donors (Lipinski definition) is 3. The molecule has 3 heteroatoms. The summed E-state index contributed by atoms with van der Waals surface area (Å²) in [5, 5.41) is 3.53. The Balaban J connectivity index is 2.07. The number of anilines is 3. The predicted molar refractivity (Wildman–Crippen MR) is 93.6 cm³/mol. The first-order valence-electron chi connectivity index (χ1n) is 7.26. The van der Waals surface area contributed by atoms with Gasteiger partial charge in [0.1, 0.15) is 0 Å². The Morgan fingerprint density at radius 3 is 1.55 bits per heavy atom. The first-order valence-corrected chi connectivity index (χ1v) is 7.26. The van der Waals surface area contributed by atoms with Crippen molar-refractivity contribution in [1.29, 1.82) is 0 Å². The Hall–Kier alpha value is -2.94. The molecule has 0 heterocycles. The van der Waals surface area contributed by atoms with Gasteiger partial charge in [0.05, 0.1) is 6.04 Å². The third kappa shape index (κ3) is 2.88. The summed E-state index contributed by atoms with van der Waals surface area (Å²) in [6.07, 6.45) is 0. The summed E-state index contributed by atoms with van der Waals surface area (Å²) in [5.41, 5.74) is 16.9. The van der Waals surface area contributed by atoms with Crippen LogP contribution in [-0.4, -0.2) is 0 Å². The van der Waals surface area contributed by atoms with Gasteiger partial charge in [0.15, 0.2) is 0 Å². The molecule has 0 atom stereocenters. The van der Waals surface area contributed by atoms with E-state index in [9.17, 15) is 0 Å². The lowest BCUT2D eigenvalue weighted by Gasteiger charge is -2.23. The van der Waals surface area contributed by atoms with E-state index in [2.05, 4.69) is 5.32 Å². The Morgan fingerprint density at radius 2 is 1.05 bits per heavy atom. The van der Waals surface area contributed by atoms with Gasteiger partial charge in [0, 0.05) is 28.2 Å². The molecule has 0 saturated heterocycles. The van der Waals surface area contributed by atoms with E-state index in [-0.39, 0.29) is 6.04 Å². The van der Waals surface area contributed by atoms with Crippen LogP contribution in [0.3, 0.4) is 0 Å². The van der Waals surface area contributed by atoms with E-state index in [1.807, 2.05) is 78.9 Å². The molecule has 0 aliphatic carbocycles. The Bertz CT molecular complexity index is 708. The maximum Gasteiger partial charge on any atom is 0.0807 e. The van der Waals surface area contributed by atoms with E-state index >= 15 is 0 Å². The van der Waals surface area contributed by atoms with Crippen molar-refractivity contribution in [3.8, 4) is 0 Å². The molecule has 0 aromatic heterocycles. The van der Waals surface area contributed by atoms with Gasteiger partial charge in [-0.1, -0.05) is 54.6 Å². The molecular weight excluding hydrogens is 270 g/mol. The molecule has 0 fully saturated rings. The van der Waals surface area contributed by atoms with Crippen molar-refractivity contribution < 1.29 is 0 Å². The van der Waals surface area contributed by atoms with Gasteiger partial charge < -0.3 is 16.8 Å². The lowest BCUT2D eigenvalue weighted by atomic mass is 9.95. The Labute approximate surface area is 130 Å². The molecule has 0 amide bonds. The van der Waals surface area contributed by atoms with Crippen molar-refractivity contribution >= 4 is 17.1 Å². The fraction of sp³-hybridized carbons (Fsp3) is 0.0526. The van der Waals surface area contributed by atoms with Gasteiger partial charge in [-0.15, -0.1) is 0 Å². The summed E-state index contributed by atoms with van der Waals surface area (Å²) in [7, 11) is 0. The zero-order valence-electron chi connectivity index (χ0n) is 12.2. The number of nitrogens with two attached hydrogens (primary N) is 2. The van der Waals surface area contributed by atoms with Crippen LogP contribution < -0.4 is 16.8 Å². The second kappa shape index (κ2) is 6.22. The van der Waals surface area contributed by atoms with Crippen LogP contribution in [0.1, 0.15) is 17.2 Å². The first-order chi connectivity index (χ1) is 10.8. The highest BCUT2D eigenvalue weighted by atomic mass is 14.9. The minimum atomic E-state index is -0.0928. The van der Waals surface area contributed by atoms with Crippen LogP contribution >= 0.6 is 0 Å². The fourth-order valence-electron chi connectivity index (χ4n) is 2.57. The van der Waals surface area contributed by atoms with E-state index in [4.69, 9.17) is 11.5 Å². The molecule has 3 aromatic rings. The highest BCUT2D eigenvalue weighted by Gasteiger charge is 2.18. The Morgan fingerprint density at radius 1 is 0.591 bits per heavy atom. The second-order valence-corrected chi connectivity index (χ2v) is 5.20. The summed E-state index contributed by atoms with van der Waals surface area (Å²) in [6.45, 7) is 0. The van der Waals surface area contributed by atoms with E-state index < -0.39 is 0 Å². The maximum atomic E-state index is 6.18. The quantitative estimate of drug-likeness (QED) is 0.635. The third-order valence-electron chi connectivity index (χ3n) is 3.70. The summed E-state index contributed by atoms with van der Waals surface area (Å²) in [4.78, 5) is 0. The average molecular weight is 289 g/mol. The SMILES string of the molecule is Nc1ccccc1C(Nc1ccccc1)c1ccccc1N. The lowest BCUT2D eigenvalue weighted by molar-refractivity contribution is 0.946. The molecule has 0 aliphatic heterocycles. The topological polar surface area (TPSA) is 64.1 Å². The van der Waals surface area contributed by atoms with Crippen LogP contribution in [0, 0.1) is 0 Å². The molecule has 3 nitrogen and oxygen atoms in total. The summed E-state index contributed by atoms with van der Waals surface area (Å²) in [5.74, 6) is 0. The largest absolute Gasteiger partial charge is 0.398 e. The average Bonchev–Trinajstić information content (AvgIpc) is 2.55. The van der Waals surface area contributed by atoms with Crippen molar-refractivity contribution in [3.63, 3.8) is 0 Å². The standard InChI is InChI=1S/C19H19N3/c20-17-12-6-4-10-15(17)19(16-11-5-7-13-18(16)21)22-14-8-2-1-3-9-14/h1-13,19,22H,20-21H2. The molecule has 5 N–H and O–H groups in total. The van der Waals surface area contributed by atoms with E-state index in [1.54, 1.807) is 0 Å². The maximum absolute atomic E-state index is 6.18. The van der Waals surface area contributed by atoms with Crippen LogP contribution in [0.25, 0.3) is 0 Å². The molecule has 0 aliphatic rings. The number of benzene rings is 3. The summed E-state index contributed by atoms with van der Waals surface area (Å²) >= 11 is 0. The smallest absolute Gasteiger partial charge is 0.0807 e. The van der Waals surface area contributed by atoms with Gasteiger partial charge >= 0.3 is 0 Å². The molecule has 0 saturated carbocycles.